The zero-order valence-electron chi connectivity index (χ0n) is 12.1. The second-order valence-electron chi connectivity index (χ2n) is 5.43. The van der Waals surface area contributed by atoms with E-state index in [-0.39, 0.29) is 5.91 Å². The molecule has 1 aromatic rings. The predicted octanol–water partition coefficient (Wildman–Crippen LogP) is 3.44. The molecular formula is C15H19F3N2O. The van der Waals surface area contributed by atoms with Crippen LogP contribution < -0.4 is 5.32 Å². The van der Waals surface area contributed by atoms with Crippen molar-refractivity contribution >= 4 is 11.6 Å². The molecule has 0 radical (unpaired) electrons. The van der Waals surface area contributed by atoms with Crippen LogP contribution in [0.3, 0.4) is 0 Å². The summed E-state index contributed by atoms with van der Waals surface area (Å²) in [6.45, 7) is 4.86. The standard InChI is InChI=1S/C15H19F3N2O/c1-10-5-6-12(15(16,17)18)9-13(10)19-11(2)14(21)20-7-3-4-8-20/h5-6,9,11,19H,3-4,7-8H2,1-2H3. The van der Waals surface area contributed by atoms with Crippen LogP contribution in [-0.2, 0) is 11.0 Å². The Balaban J connectivity index is 2.12. The van der Waals surface area contributed by atoms with Gasteiger partial charge in [0.05, 0.1) is 5.56 Å². The lowest BCUT2D eigenvalue weighted by molar-refractivity contribution is -0.137. The number of likely N-dealkylation sites (tertiary alicyclic amines) is 1. The van der Waals surface area contributed by atoms with Crippen molar-refractivity contribution in [2.75, 3.05) is 18.4 Å². The van der Waals surface area contributed by atoms with Crippen molar-refractivity contribution in [3.05, 3.63) is 29.3 Å². The zero-order chi connectivity index (χ0) is 15.6. The van der Waals surface area contributed by atoms with E-state index < -0.39 is 17.8 Å². The third-order valence-electron chi connectivity index (χ3n) is 3.73. The van der Waals surface area contributed by atoms with Crippen LogP contribution in [0.1, 0.15) is 30.9 Å². The summed E-state index contributed by atoms with van der Waals surface area (Å²) in [5, 5.41) is 2.91. The molecule has 1 saturated heterocycles. The summed E-state index contributed by atoms with van der Waals surface area (Å²) in [7, 11) is 0. The van der Waals surface area contributed by atoms with Gasteiger partial charge in [0.15, 0.2) is 0 Å². The maximum absolute atomic E-state index is 12.7. The van der Waals surface area contributed by atoms with Gasteiger partial charge in [-0.1, -0.05) is 6.07 Å². The first-order valence-electron chi connectivity index (χ1n) is 7.02. The molecule has 0 aromatic heterocycles. The van der Waals surface area contributed by atoms with Gasteiger partial charge >= 0.3 is 6.18 Å². The molecule has 1 N–H and O–H groups in total. The Morgan fingerprint density at radius 1 is 1.29 bits per heavy atom. The first-order valence-corrected chi connectivity index (χ1v) is 7.02. The number of benzene rings is 1. The van der Waals surface area contributed by atoms with Crippen molar-refractivity contribution in [2.24, 2.45) is 0 Å². The Hall–Kier alpha value is -1.72. The third kappa shape index (κ3) is 3.68. The average molecular weight is 300 g/mol. The number of nitrogens with one attached hydrogen (secondary N) is 1. The van der Waals surface area contributed by atoms with Crippen LogP contribution in [0.25, 0.3) is 0 Å². The minimum atomic E-state index is -4.38. The first-order chi connectivity index (χ1) is 9.79. The number of nitrogens with zero attached hydrogens (tertiary/aromatic N) is 1. The summed E-state index contributed by atoms with van der Waals surface area (Å²) in [6, 6.07) is 2.99. The lowest BCUT2D eigenvalue weighted by atomic mass is 10.1. The second-order valence-corrected chi connectivity index (χ2v) is 5.43. The Bertz CT molecular complexity index is 522. The van der Waals surface area contributed by atoms with Gasteiger partial charge in [-0.05, 0) is 44.4 Å². The van der Waals surface area contributed by atoms with Crippen molar-refractivity contribution in [1.29, 1.82) is 0 Å². The van der Waals surface area contributed by atoms with Gasteiger partial charge in [0.25, 0.3) is 0 Å². The molecule has 0 spiro atoms. The smallest absolute Gasteiger partial charge is 0.374 e. The van der Waals surface area contributed by atoms with Gasteiger partial charge < -0.3 is 10.2 Å². The molecule has 2 rings (SSSR count). The number of hydrogen-bond acceptors (Lipinski definition) is 2. The number of anilines is 1. The van der Waals surface area contributed by atoms with Crippen LogP contribution in [0.4, 0.5) is 18.9 Å². The van der Waals surface area contributed by atoms with E-state index in [0.29, 0.717) is 11.3 Å². The minimum Gasteiger partial charge on any atom is -0.374 e. The van der Waals surface area contributed by atoms with E-state index >= 15 is 0 Å². The Labute approximate surface area is 122 Å². The number of halogens is 3. The Morgan fingerprint density at radius 2 is 1.90 bits per heavy atom. The Morgan fingerprint density at radius 3 is 2.48 bits per heavy atom. The largest absolute Gasteiger partial charge is 0.416 e. The van der Waals surface area contributed by atoms with E-state index in [9.17, 15) is 18.0 Å². The topological polar surface area (TPSA) is 32.3 Å². The number of aryl methyl sites for hydroxylation is 1. The van der Waals surface area contributed by atoms with Crippen molar-refractivity contribution in [2.45, 2.75) is 38.9 Å². The van der Waals surface area contributed by atoms with Gasteiger partial charge in [-0.15, -0.1) is 0 Å². The molecular weight excluding hydrogens is 281 g/mol. The van der Waals surface area contributed by atoms with Crippen molar-refractivity contribution in [1.82, 2.24) is 4.90 Å². The molecule has 3 nitrogen and oxygen atoms in total. The van der Waals surface area contributed by atoms with Gasteiger partial charge in [-0.2, -0.15) is 13.2 Å². The van der Waals surface area contributed by atoms with Crippen LogP contribution in [0.15, 0.2) is 18.2 Å². The number of carbonyl (C=O) groups excluding carboxylic acids is 1. The molecule has 1 amide bonds. The highest BCUT2D eigenvalue weighted by Crippen LogP contribution is 2.32. The van der Waals surface area contributed by atoms with Crippen LogP contribution in [0.5, 0.6) is 0 Å². The molecule has 116 valence electrons. The number of rotatable bonds is 3. The maximum atomic E-state index is 12.7. The van der Waals surface area contributed by atoms with Crippen LogP contribution in [0.2, 0.25) is 0 Å². The van der Waals surface area contributed by atoms with E-state index in [4.69, 9.17) is 0 Å². The first kappa shape index (κ1) is 15.7. The Kier molecular flexibility index (Phi) is 4.44. The number of carbonyl (C=O) groups is 1. The molecule has 0 aliphatic carbocycles. The van der Waals surface area contributed by atoms with E-state index in [0.717, 1.165) is 38.1 Å². The maximum Gasteiger partial charge on any atom is 0.416 e. The molecule has 1 aliphatic rings. The highest BCUT2D eigenvalue weighted by atomic mass is 19.4. The van der Waals surface area contributed by atoms with E-state index in [1.54, 1.807) is 18.7 Å². The highest BCUT2D eigenvalue weighted by molar-refractivity contribution is 5.84. The van der Waals surface area contributed by atoms with Crippen LogP contribution in [-0.4, -0.2) is 29.9 Å². The van der Waals surface area contributed by atoms with Crippen LogP contribution in [0, 0.1) is 6.92 Å². The number of amides is 1. The summed E-state index contributed by atoms with van der Waals surface area (Å²) >= 11 is 0. The number of hydrogen-bond donors (Lipinski definition) is 1. The molecule has 1 heterocycles. The summed E-state index contributed by atoms with van der Waals surface area (Å²) in [5.41, 5.74) is 0.324. The van der Waals surface area contributed by atoms with E-state index in [2.05, 4.69) is 5.32 Å². The molecule has 1 aromatic carbocycles. The fourth-order valence-electron chi connectivity index (χ4n) is 2.46. The summed E-state index contributed by atoms with van der Waals surface area (Å²) < 4.78 is 38.2. The van der Waals surface area contributed by atoms with Gasteiger partial charge in [-0.3, -0.25) is 4.79 Å². The van der Waals surface area contributed by atoms with Crippen molar-refractivity contribution in [3.63, 3.8) is 0 Å². The normalized spacial score (nSPS) is 16.9. The SMILES string of the molecule is Cc1ccc(C(F)(F)F)cc1NC(C)C(=O)N1CCCC1. The van der Waals surface area contributed by atoms with Gasteiger partial charge in [-0.25, -0.2) is 0 Å². The summed E-state index contributed by atoms with van der Waals surface area (Å²) in [5.74, 6) is -0.0655. The minimum absolute atomic E-state index is 0.0655. The molecule has 6 heteroatoms. The van der Waals surface area contributed by atoms with Gasteiger partial charge in [0.2, 0.25) is 5.91 Å². The molecule has 21 heavy (non-hydrogen) atoms. The van der Waals surface area contributed by atoms with Crippen molar-refractivity contribution < 1.29 is 18.0 Å². The monoisotopic (exact) mass is 300 g/mol. The molecule has 1 aliphatic heterocycles. The molecule has 0 bridgehead atoms. The van der Waals surface area contributed by atoms with Gasteiger partial charge in [0, 0.05) is 18.8 Å². The average Bonchev–Trinajstić information content (AvgIpc) is 2.92. The fraction of sp³-hybridized carbons (Fsp3) is 0.533. The highest BCUT2D eigenvalue weighted by Gasteiger charge is 2.31. The van der Waals surface area contributed by atoms with E-state index in [1.807, 2.05) is 0 Å². The fourth-order valence-corrected chi connectivity index (χ4v) is 2.46. The lowest BCUT2D eigenvalue weighted by Crippen LogP contribution is -2.39. The van der Waals surface area contributed by atoms with Gasteiger partial charge in [0.1, 0.15) is 6.04 Å². The molecule has 1 unspecified atom stereocenters. The second kappa shape index (κ2) is 5.95. The van der Waals surface area contributed by atoms with Crippen molar-refractivity contribution in [3.8, 4) is 0 Å². The molecule has 1 fully saturated rings. The van der Waals surface area contributed by atoms with Crippen LogP contribution >= 0.6 is 0 Å². The third-order valence-corrected chi connectivity index (χ3v) is 3.73. The predicted molar refractivity (Wildman–Crippen MR) is 75.1 cm³/mol. The zero-order valence-corrected chi connectivity index (χ0v) is 12.1. The number of alkyl halides is 3. The summed E-state index contributed by atoms with van der Waals surface area (Å²) in [4.78, 5) is 13.9. The molecule has 0 saturated carbocycles. The molecule has 1 atom stereocenters. The quantitative estimate of drug-likeness (QED) is 0.927. The summed E-state index contributed by atoms with van der Waals surface area (Å²) in [6.07, 6.45) is -2.41. The van der Waals surface area contributed by atoms with E-state index in [1.165, 1.54) is 6.07 Å². The lowest BCUT2D eigenvalue weighted by Gasteiger charge is -2.23.